The Balaban J connectivity index is 0.000000172. The van der Waals surface area contributed by atoms with Gasteiger partial charge in [0.1, 0.15) is 63.4 Å². The fourth-order valence-corrected chi connectivity index (χ4v) is 8.96. The quantitative estimate of drug-likeness (QED) is 0.103. The smallest absolute Gasteiger partial charge is 0.131 e. The molecule has 0 unspecified atom stereocenters. The van der Waals surface area contributed by atoms with Crippen molar-refractivity contribution in [3.63, 3.8) is 0 Å². The minimum atomic E-state index is -0.464. The molecule has 12 rings (SSSR count). The van der Waals surface area contributed by atoms with E-state index in [2.05, 4.69) is 96.0 Å². The summed E-state index contributed by atoms with van der Waals surface area (Å²) < 4.78 is 80.4. The number of halogens is 6. The van der Waals surface area contributed by atoms with Gasteiger partial charge in [0, 0.05) is 74.8 Å². The van der Waals surface area contributed by atoms with Crippen molar-refractivity contribution < 1.29 is 26.3 Å². The summed E-state index contributed by atoms with van der Waals surface area (Å²) in [5.41, 5.74) is 11.0. The average molecular weight is 1380 g/mol. The van der Waals surface area contributed by atoms with Gasteiger partial charge in [-0.2, -0.15) is 31.6 Å². The van der Waals surface area contributed by atoms with Gasteiger partial charge in [-0.25, -0.2) is 51.3 Å². The average Bonchev–Trinajstić information content (AvgIpc) is 1.00. The zero-order valence-electron chi connectivity index (χ0n) is 53.7. The molecule has 0 atom stereocenters. The molecule has 0 saturated heterocycles. The topological polar surface area (TPSA) is 212 Å². The molecule has 0 spiro atoms. The molecule has 0 aliphatic heterocycles. The number of rotatable bonds is 0. The van der Waals surface area contributed by atoms with Crippen LogP contribution in [0.1, 0.15) is 111 Å². The van der Waals surface area contributed by atoms with Crippen molar-refractivity contribution in [1.29, 1.82) is 31.6 Å². The molecule has 0 fully saturated rings. The minimum absolute atomic E-state index is 0.260. The fraction of sp³-hybridized carbons (Fsp3) is 0.0366. The largest absolute Gasteiger partial charge is 0.339 e. The highest BCUT2D eigenvalue weighted by molar-refractivity contribution is 7.09. The number of aryl methyl sites for hydroxylation is 3. The van der Waals surface area contributed by atoms with E-state index >= 15 is 0 Å². The third kappa shape index (κ3) is 26.8. The standard InChI is InChI=1S/C15H9FN2.C15H8FN.C14H7FN2.C13H8FN3.C13H7FN2S.C12H5FN2S/c1-11-3-2-4-15(18-11)6-5-12-7-13(10-17)9-14(16)8-12;16-15-9-13(8-14(10-15)11-17)7-6-12-4-2-1-3-5-12;15-13-8-11(7-12(9-13)10-16)4-5-14-3-1-2-6-17-14;1-17-8-13(16-9-17)3-2-10-4-11(7-15)6-12(14)5-10;1-9-16-13(8-17-9)3-2-10-4-11(7-15)6-12(14)5-10;13-11-4-9(3-10(5-11)6-14)1-2-12-7-16-8-15-12/h2-4,7-9H,1H3;1-5,8-10H;1-3,6-9H;4-6,8-9H,1H3;4-6,8H,1H3;3-5,7-8H. The van der Waals surface area contributed by atoms with E-state index in [1.165, 1.54) is 95.5 Å². The number of nitriles is 6. The summed E-state index contributed by atoms with van der Waals surface area (Å²) in [5.74, 6) is 31.0. The normalized spacial score (nSPS) is 9.09. The summed E-state index contributed by atoms with van der Waals surface area (Å²) >= 11 is 2.96. The third-order valence-corrected chi connectivity index (χ3v) is 13.6. The van der Waals surface area contributed by atoms with E-state index in [0.29, 0.717) is 61.9 Å². The maximum atomic E-state index is 13.2. The second-order valence-corrected chi connectivity index (χ2v) is 22.1. The highest BCUT2D eigenvalue weighted by atomic mass is 32.1. The predicted molar refractivity (Wildman–Crippen MR) is 374 cm³/mol. The Morgan fingerprint density at radius 2 is 0.686 bits per heavy atom. The van der Waals surface area contributed by atoms with Crippen molar-refractivity contribution in [3.05, 3.63) is 357 Å². The van der Waals surface area contributed by atoms with Crippen molar-refractivity contribution in [3.8, 4) is 107 Å². The van der Waals surface area contributed by atoms with E-state index in [4.69, 9.17) is 31.6 Å². The van der Waals surface area contributed by atoms with Gasteiger partial charge in [0.2, 0.25) is 0 Å². The third-order valence-electron chi connectivity index (χ3n) is 12.3. The van der Waals surface area contributed by atoms with Crippen LogP contribution in [0.15, 0.2) is 211 Å². The van der Waals surface area contributed by atoms with Gasteiger partial charge in [-0.05, 0) is 189 Å². The number of benzene rings is 7. The lowest BCUT2D eigenvalue weighted by Gasteiger charge is -1.94. The number of hydrogen-bond donors (Lipinski definition) is 0. The molecule has 486 valence electrons. The number of imidazole rings is 1. The Bertz CT molecular complexity index is 5440. The highest BCUT2D eigenvalue weighted by Gasteiger charge is 2.04. The second-order valence-electron chi connectivity index (χ2n) is 20.3. The van der Waals surface area contributed by atoms with Gasteiger partial charge in [-0.15, -0.1) is 22.7 Å². The molecule has 0 aliphatic rings. The maximum Gasteiger partial charge on any atom is 0.131 e. The Morgan fingerprint density at radius 1 is 0.324 bits per heavy atom. The van der Waals surface area contributed by atoms with Crippen molar-refractivity contribution in [2.75, 3.05) is 0 Å². The molecule has 0 saturated carbocycles. The van der Waals surface area contributed by atoms with Crippen molar-refractivity contribution in [2.24, 2.45) is 7.05 Å². The number of aromatic nitrogens is 6. The van der Waals surface area contributed by atoms with Crippen LogP contribution < -0.4 is 0 Å². The summed E-state index contributed by atoms with van der Waals surface area (Å²) in [6, 6.07) is 55.8. The zero-order chi connectivity index (χ0) is 73.0. The van der Waals surface area contributed by atoms with E-state index < -0.39 is 34.9 Å². The number of pyridine rings is 2. The summed E-state index contributed by atoms with van der Waals surface area (Å²) in [5, 5.41) is 56.8. The van der Waals surface area contributed by atoms with Gasteiger partial charge in [0.25, 0.3) is 0 Å². The van der Waals surface area contributed by atoms with Crippen LogP contribution in [0.5, 0.6) is 0 Å². The monoisotopic (exact) mass is 1370 g/mol. The molecular formula is C82H44F6N12S2. The first-order valence-electron chi connectivity index (χ1n) is 29.4. The molecule has 5 heterocycles. The Morgan fingerprint density at radius 3 is 1.04 bits per heavy atom. The fourth-order valence-electron chi connectivity index (χ4n) is 7.93. The van der Waals surface area contributed by atoms with Crippen LogP contribution in [0.3, 0.4) is 0 Å². The molecule has 0 amide bonds. The molecule has 12 aromatic rings. The molecule has 102 heavy (non-hydrogen) atoms. The Hall–Kier alpha value is -14.8. The first-order valence-corrected chi connectivity index (χ1v) is 31.2. The van der Waals surface area contributed by atoms with E-state index in [-0.39, 0.29) is 33.4 Å². The van der Waals surface area contributed by atoms with Crippen LogP contribution >= 0.6 is 22.7 Å². The predicted octanol–water partition coefficient (Wildman–Crippen LogP) is 15.6. The lowest BCUT2D eigenvalue weighted by atomic mass is 10.1. The summed E-state index contributed by atoms with van der Waals surface area (Å²) in [4.78, 5) is 20.4. The zero-order valence-corrected chi connectivity index (χ0v) is 55.3. The van der Waals surface area contributed by atoms with Crippen LogP contribution in [0.25, 0.3) is 0 Å². The van der Waals surface area contributed by atoms with Crippen LogP contribution in [0.2, 0.25) is 0 Å². The lowest BCUT2D eigenvalue weighted by Crippen LogP contribution is -1.86. The summed E-state index contributed by atoms with van der Waals surface area (Å²) in [7, 11) is 1.84. The lowest BCUT2D eigenvalue weighted by molar-refractivity contribution is 0.626. The van der Waals surface area contributed by atoms with Gasteiger partial charge < -0.3 is 4.57 Å². The SMILES string of the molecule is Cc1cccc(C#Cc2cc(F)cc(C#N)c2)n1.Cc1nc(C#Cc2cc(F)cc(C#N)c2)cs1.Cn1cnc(C#Cc2cc(F)cc(C#N)c2)c1.N#Cc1cc(F)cc(C#Cc2ccccc2)c1.N#Cc1cc(F)cc(C#Cc2ccccn2)c1.N#Cc1cc(F)cc(C#Cc2cscn2)c1. The van der Waals surface area contributed by atoms with Gasteiger partial charge >= 0.3 is 0 Å². The number of thiazole rings is 2. The van der Waals surface area contributed by atoms with E-state index in [9.17, 15) is 26.3 Å². The molecule has 0 radical (unpaired) electrons. The summed E-state index contributed by atoms with van der Waals surface area (Å²) in [6.45, 7) is 3.77. The highest BCUT2D eigenvalue weighted by Crippen LogP contribution is 2.14. The van der Waals surface area contributed by atoms with Crippen molar-refractivity contribution in [1.82, 2.24) is 29.5 Å². The van der Waals surface area contributed by atoms with Crippen LogP contribution in [-0.2, 0) is 7.05 Å². The van der Waals surface area contributed by atoms with Gasteiger partial charge in [0.05, 0.1) is 86.6 Å². The van der Waals surface area contributed by atoms with E-state index in [0.717, 1.165) is 16.3 Å². The van der Waals surface area contributed by atoms with Gasteiger partial charge in [0.15, 0.2) is 0 Å². The molecule has 5 aromatic heterocycles. The maximum absolute atomic E-state index is 13.2. The molecule has 0 aliphatic carbocycles. The van der Waals surface area contributed by atoms with Crippen LogP contribution in [0.4, 0.5) is 26.3 Å². The van der Waals surface area contributed by atoms with Crippen molar-refractivity contribution in [2.45, 2.75) is 13.8 Å². The Kier molecular flexibility index (Phi) is 28.7. The van der Waals surface area contributed by atoms with Crippen LogP contribution in [0, 0.1) is 188 Å². The first kappa shape index (κ1) is 74.6. The van der Waals surface area contributed by atoms with E-state index in [1.807, 2.05) is 111 Å². The van der Waals surface area contributed by atoms with Crippen LogP contribution in [-0.4, -0.2) is 29.5 Å². The Labute approximate surface area is 592 Å². The molecule has 20 heteroatoms. The van der Waals surface area contributed by atoms with Gasteiger partial charge in [-0.1, -0.05) is 71.8 Å². The molecule has 0 N–H and O–H groups in total. The van der Waals surface area contributed by atoms with E-state index in [1.54, 1.807) is 88.8 Å². The molecule has 0 bridgehead atoms. The second kappa shape index (κ2) is 39.3. The molecule has 12 nitrogen and oxygen atoms in total. The van der Waals surface area contributed by atoms with Crippen molar-refractivity contribution >= 4 is 22.7 Å². The summed E-state index contributed by atoms with van der Waals surface area (Å²) in [6.07, 6.45) is 5.03. The first-order chi connectivity index (χ1) is 49.3. The minimum Gasteiger partial charge on any atom is -0.339 e. The number of hydrogen-bond acceptors (Lipinski definition) is 13. The molecular weight excluding hydrogens is 1330 g/mol. The number of nitrogens with zero attached hydrogens (tertiary/aromatic N) is 12. The molecule has 7 aromatic carbocycles. The van der Waals surface area contributed by atoms with Gasteiger partial charge in [-0.3, -0.25) is 0 Å².